The van der Waals surface area contributed by atoms with Gasteiger partial charge in [0, 0.05) is 16.9 Å². The summed E-state index contributed by atoms with van der Waals surface area (Å²) < 4.78 is 20.1. The van der Waals surface area contributed by atoms with Crippen LogP contribution in [0.15, 0.2) is 24.3 Å². The van der Waals surface area contributed by atoms with Crippen molar-refractivity contribution in [2.45, 2.75) is 13.8 Å². The molecule has 0 aliphatic carbocycles. The lowest BCUT2D eigenvalue weighted by Crippen LogP contribution is -2.12. The van der Waals surface area contributed by atoms with Crippen molar-refractivity contribution in [2.75, 3.05) is 38.8 Å². The molecular formula is C14H22O6S. The van der Waals surface area contributed by atoms with E-state index in [4.69, 9.17) is 18.4 Å². The predicted molar refractivity (Wildman–Crippen MR) is 80.8 cm³/mol. The SMILES string of the molecule is C=C(C)C(=O)OCCOCCSOCCOC(=O)C(=C)C. The van der Waals surface area contributed by atoms with Crippen molar-refractivity contribution in [3.05, 3.63) is 24.3 Å². The smallest absolute Gasteiger partial charge is 0.333 e. The van der Waals surface area contributed by atoms with E-state index in [1.54, 1.807) is 13.8 Å². The molecule has 0 aliphatic heterocycles. The Kier molecular flexibility index (Phi) is 11.7. The molecule has 21 heavy (non-hydrogen) atoms. The Morgan fingerprint density at radius 3 is 1.90 bits per heavy atom. The molecule has 0 aliphatic rings. The van der Waals surface area contributed by atoms with Gasteiger partial charge in [0.25, 0.3) is 0 Å². The first-order valence-corrected chi connectivity index (χ1v) is 7.33. The minimum Gasteiger partial charge on any atom is -0.460 e. The number of carbonyl (C=O) groups excluding carboxylic acids is 2. The molecule has 0 atom stereocenters. The van der Waals surface area contributed by atoms with Crippen LogP contribution >= 0.6 is 12.0 Å². The summed E-state index contributed by atoms with van der Waals surface area (Å²) in [4.78, 5) is 22.0. The molecule has 0 saturated carbocycles. The van der Waals surface area contributed by atoms with Gasteiger partial charge in [0.1, 0.15) is 13.2 Å². The van der Waals surface area contributed by atoms with Gasteiger partial charge in [0.2, 0.25) is 0 Å². The second-order valence-electron chi connectivity index (χ2n) is 4.09. The van der Waals surface area contributed by atoms with E-state index in [1.165, 1.54) is 12.0 Å². The maximum Gasteiger partial charge on any atom is 0.333 e. The van der Waals surface area contributed by atoms with E-state index in [9.17, 15) is 9.59 Å². The molecule has 0 aromatic heterocycles. The molecule has 0 spiro atoms. The third-order valence-electron chi connectivity index (χ3n) is 1.95. The standard InChI is InChI=1S/C14H22O6S/c1-11(2)13(15)18-6-5-17-9-10-21-20-8-7-19-14(16)12(3)4/h1,3,5-10H2,2,4H3. The van der Waals surface area contributed by atoms with Gasteiger partial charge in [0.05, 0.1) is 19.8 Å². The van der Waals surface area contributed by atoms with Gasteiger partial charge < -0.3 is 18.4 Å². The van der Waals surface area contributed by atoms with E-state index >= 15 is 0 Å². The molecule has 120 valence electrons. The number of carbonyl (C=O) groups is 2. The van der Waals surface area contributed by atoms with Crippen molar-refractivity contribution in [2.24, 2.45) is 0 Å². The zero-order chi connectivity index (χ0) is 16.1. The number of esters is 2. The van der Waals surface area contributed by atoms with Crippen molar-refractivity contribution >= 4 is 24.0 Å². The average Bonchev–Trinajstić information content (AvgIpc) is 2.43. The van der Waals surface area contributed by atoms with E-state index in [0.717, 1.165) is 0 Å². The second-order valence-corrected chi connectivity index (χ2v) is 4.97. The molecule has 6 nitrogen and oxygen atoms in total. The first kappa shape index (κ1) is 19.7. The largest absolute Gasteiger partial charge is 0.460 e. The maximum atomic E-state index is 11.0. The second kappa shape index (κ2) is 12.4. The van der Waals surface area contributed by atoms with Crippen LogP contribution in [0, 0.1) is 0 Å². The average molecular weight is 318 g/mol. The Morgan fingerprint density at radius 1 is 0.857 bits per heavy atom. The third-order valence-corrected chi connectivity index (χ3v) is 2.62. The summed E-state index contributed by atoms with van der Waals surface area (Å²) in [5, 5.41) is 0. The van der Waals surface area contributed by atoms with Crippen molar-refractivity contribution in [1.29, 1.82) is 0 Å². The summed E-state index contributed by atoms with van der Waals surface area (Å²) in [5.74, 6) is -0.208. The summed E-state index contributed by atoms with van der Waals surface area (Å²) in [7, 11) is 0. The quantitative estimate of drug-likeness (QED) is 0.235. The molecule has 7 heteroatoms. The lowest BCUT2D eigenvalue weighted by molar-refractivity contribution is -0.140. The molecule has 0 unspecified atom stereocenters. The van der Waals surface area contributed by atoms with Gasteiger partial charge in [0.15, 0.2) is 0 Å². The van der Waals surface area contributed by atoms with Gasteiger partial charge >= 0.3 is 11.9 Å². The van der Waals surface area contributed by atoms with Crippen LogP contribution in [0.3, 0.4) is 0 Å². The first-order valence-electron chi connectivity index (χ1n) is 6.42. The van der Waals surface area contributed by atoms with Gasteiger partial charge in [-0.15, -0.1) is 0 Å². The van der Waals surface area contributed by atoms with Crippen molar-refractivity contribution < 1.29 is 28.0 Å². The molecule has 0 aromatic carbocycles. The highest BCUT2D eigenvalue weighted by atomic mass is 32.2. The number of hydrogen-bond donors (Lipinski definition) is 0. The third kappa shape index (κ3) is 12.2. The summed E-state index contributed by atoms with van der Waals surface area (Å²) >= 11 is 1.22. The van der Waals surface area contributed by atoms with E-state index in [-0.39, 0.29) is 13.2 Å². The Labute approximate surface area is 129 Å². The molecule has 0 aromatic rings. The van der Waals surface area contributed by atoms with Gasteiger partial charge in [-0.05, 0) is 25.9 Å². The zero-order valence-corrected chi connectivity index (χ0v) is 13.3. The van der Waals surface area contributed by atoms with Crippen LogP contribution in [-0.2, 0) is 28.0 Å². The van der Waals surface area contributed by atoms with Crippen LogP contribution in [0.4, 0.5) is 0 Å². The number of hydrogen-bond acceptors (Lipinski definition) is 7. The molecule has 0 saturated heterocycles. The van der Waals surface area contributed by atoms with Gasteiger partial charge in [-0.2, -0.15) is 0 Å². The van der Waals surface area contributed by atoms with E-state index < -0.39 is 11.9 Å². The molecule has 0 bridgehead atoms. The molecule has 0 fully saturated rings. The van der Waals surface area contributed by atoms with Crippen molar-refractivity contribution in [1.82, 2.24) is 0 Å². The normalized spacial score (nSPS) is 10.0. The number of ether oxygens (including phenoxy) is 3. The van der Waals surface area contributed by atoms with E-state index in [2.05, 4.69) is 13.2 Å². The summed E-state index contributed by atoms with van der Waals surface area (Å²) in [6.07, 6.45) is 0. The number of rotatable bonds is 12. The Balaban J connectivity index is 3.23. The van der Waals surface area contributed by atoms with Crippen LogP contribution < -0.4 is 0 Å². The maximum absolute atomic E-state index is 11.0. The highest BCUT2D eigenvalue weighted by molar-refractivity contribution is 7.94. The van der Waals surface area contributed by atoms with Crippen molar-refractivity contribution in [3.8, 4) is 0 Å². The van der Waals surface area contributed by atoms with Gasteiger partial charge in [-0.25, -0.2) is 9.59 Å². The summed E-state index contributed by atoms with van der Waals surface area (Å²) in [6, 6.07) is 0. The minimum atomic E-state index is -0.420. The van der Waals surface area contributed by atoms with Gasteiger partial charge in [-0.1, -0.05) is 13.2 Å². The minimum absolute atomic E-state index is 0.191. The van der Waals surface area contributed by atoms with Crippen LogP contribution in [0.1, 0.15) is 13.8 Å². The molecular weight excluding hydrogens is 296 g/mol. The fourth-order valence-electron chi connectivity index (χ4n) is 0.921. The molecule has 0 rings (SSSR count). The topological polar surface area (TPSA) is 71.1 Å². The first-order chi connectivity index (χ1) is 9.95. The molecule has 0 amide bonds. The fraction of sp³-hybridized carbons (Fsp3) is 0.571. The molecule has 0 radical (unpaired) electrons. The summed E-state index contributed by atoms with van der Waals surface area (Å²) in [5.41, 5.74) is 0.731. The molecule has 0 N–H and O–H groups in total. The van der Waals surface area contributed by atoms with Gasteiger partial charge in [-0.3, -0.25) is 0 Å². The van der Waals surface area contributed by atoms with Crippen LogP contribution in [0.5, 0.6) is 0 Å². The highest BCUT2D eigenvalue weighted by Crippen LogP contribution is 2.02. The van der Waals surface area contributed by atoms with Crippen LogP contribution in [-0.4, -0.2) is 50.7 Å². The Morgan fingerprint density at radius 2 is 1.38 bits per heavy atom. The van der Waals surface area contributed by atoms with Crippen LogP contribution in [0.25, 0.3) is 0 Å². The predicted octanol–water partition coefficient (Wildman–Crippen LogP) is 1.91. The zero-order valence-electron chi connectivity index (χ0n) is 12.5. The van der Waals surface area contributed by atoms with Crippen LogP contribution in [0.2, 0.25) is 0 Å². The monoisotopic (exact) mass is 318 g/mol. The highest BCUT2D eigenvalue weighted by Gasteiger charge is 2.03. The molecule has 0 heterocycles. The van der Waals surface area contributed by atoms with E-state index in [1.807, 2.05) is 0 Å². The summed E-state index contributed by atoms with van der Waals surface area (Å²) in [6.45, 7) is 11.6. The lowest BCUT2D eigenvalue weighted by atomic mass is 10.4. The van der Waals surface area contributed by atoms with Crippen molar-refractivity contribution in [3.63, 3.8) is 0 Å². The van der Waals surface area contributed by atoms with E-state index in [0.29, 0.717) is 36.7 Å². The fourth-order valence-corrected chi connectivity index (χ4v) is 1.41. The lowest BCUT2D eigenvalue weighted by Gasteiger charge is -2.06. The Hall–Kier alpha value is -1.31. The Bertz CT molecular complexity index is 332.